The van der Waals surface area contributed by atoms with Crippen molar-refractivity contribution in [1.82, 2.24) is 14.6 Å². The molecule has 0 spiro atoms. The quantitative estimate of drug-likeness (QED) is 0.239. The van der Waals surface area contributed by atoms with Crippen molar-refractivity contribution in [2.45, 2.75) is 5.91 Å². The molecular formula is C19H15FN4O6. The minimum atomic E-state index is -2.66. The van der Waals surface area contributed by atoms with Crippen LogP contribution in [0.1, 0.15) is 5.56 Å². The zero-order valence-electron chi connectivity index (χ0n) is 15.0. The van der Waals surface area contributed by atoms with E-state index < -0.39 is 40.2 Å². The fourth-order valence-electron chi connectivity index (χ4n) is 3.13. The number of hydrogen-bond acceptors (Lipinski definition) is 8. The number of aliphatic hydroxyl groups is 2. The van der Waals surface area contributed by atoms with Gasteiger partial charge in [0.15, 0.2) is 11.5 Å². The lowest BCUT2D eigenvalue weighted by Gasteiger charge is -2.15. The van der Waals surface area contributed by atoms with Gasteiger partial charge >= 0.3 is 0 Å². The van der Waals surface area contributed by atoms with Crippen LogP contribution in [0.4, 0.5) is 4.39 Å². The lowest BCUT2D eigenvalue weighted by molar-refractivity contribution is -0.164. The van der Waals surface area contributed by atoms with Crippen LogP contribution in [0.5, 0.6) is 17.4 Å². The number of aromatic nitrogens is 3. The van der Waals surface area contributed by atoms with Crippen LogP contribution in [-0.4, -0.2) is 40.1 Å². The topological polar surface area (TPSA) is 177 Å². The van der Waals surface area contributed by atoms with Crippen molar-refractivity contribution < 1.29 is 29.9 Å². The molecule has 3 aromatic heterocycles. The molecule has 0 atom stereocenters. The molecule has 30 heavy (non-hydrogen) atoms. The third-order valence-electron chi connectivity index (χ3n) is 4.57. The molecule has 0 bridgehead atoms. The highest BCUT2D eigenvalue weighted by Crippen LogP contribution is 2.45. The molecule has 0 aliphatic heterocycles. The fraction of sp³-hybridized carbons (Fsp3) is 0.0526. The molecule has 0 unspecified atom stereocenters. The second-order valence-electron chi connectivity index (χ2n) is 6.58. The fourth-order valence-corrected chi connectivity index (χ4v) is 3.13. The van der Waals surface area contributed by atoms with E-state index in [2.05, 4.69) is 5.10 Å². The van der Waals surface area contributed by atoms with Crippen LogP contribution in [0.15, 0.2) is 47.4 Å². The summed E-state index contributed by atoms with van der Waals surface area (Å²) in [4.78, 5) is 13.9. The molecule has 4 aromatic rings. The van der Waals surface area contributed by atoms with Crippen LogP contribution < -0.4 is 11.3 Å². The number of pyridine rings is 2. The van der Waals surface area contributed by atoms with Crippen molar-refractivity contribution in [2.24, 2.45) is 5.73 Å². The number of H-pyrrole nitrogens is 1. The van der Waals surface area contributed by atoms with Crippen molar-refractivity contribution in [3.05, 3.63) is 64.3 Å². The van der Waals surface area contributed by atoms with Crippen LogP contribution in [0.3, 0.4) is 0 Å². The summed E-state index contributed by atoms with van der Waals surface area (Å²) in [5.41, 5.74) is 4.37. The van der Waals surface area contributed by atoms with E-state index in [-0.39, 0.29) is 22.3 Å². The molecule has 0 saturated carbocycles. The Morgan fingerprint density at radius 1 is 1.00 bits per heavy atom. The van der Waals surface area contributed by atoms with E-state index in [1.54, 1.807) is 0 Å². The Labute approximate surface area is 166 Å². The first-order valence-electron chi connectivity index (χ1n) is 8.48. The minimum Gasteiger partial charge on any atom is -0.503 e. The third-order valence-corrected chi connectivity index (χ3v) is 4.57. The van der Waals surface area contributed by atoms with Gasteiger partial charge in [-0.05, 0) is 36.4 Å². The van der Waals surface area contributed by atoms with E-state index in [0.717, 1.165) is 12.1 Å². The molecule has 0 saturated heterocycles. The molecule has 0 amide bonds. The van der Waals surface area contributed by atoms with Crippen LogP contribution in [-0.2, 0) is 5.91 Å². The maximum absolute atomic E-state index is 13.4. The summed E-state index contributed by atoms with van der Waals surface area (Å²) in [6.45, 7) is 0. The summed E-state index contributed by atoms with van der Waals surface area (Å²) in [5, 5.41) is 54.1. The number of nitrogens with one attached hydrogen (secondary N) is 1. The van der Waals surface area contributed by atoms with E-state index in [1.165, 1.54) is 35.0 Å². The molecule has 0 radical (unpaired) electrons. The number of nitrogens with two attached hydrogens (primary N) is 1. The number of rotatable bonds is 3. The molecule has 0 aliphatic carbocycles. The molecule has 0 fully saturated rings. The van der Waals surface area contributed by atoms with Gasteiger partial charge < -0.3 is 25.5 Å². The van der Waals surface area contributed by atoms with Crippen LogP contribution in [0.2, 0.25) is 0 Å². The lowest BCUT2D eigenvalue weighted by Crippen LogP contribution is -2.35. The first-order chi connectivity index (χ1) is 14.1. The molecule has 3 heterocycles. The Kier molecular flexibility index (Phi) is 4.24. The predicted octanol–water partition coefficient (Wildman–Crippen LogP) is 0.666. The number of aromatic amines is 1. The molecule has 10 nitrogen and oxygen atoms in total. The average Bonchev–Trinajstić information content (AvgIpc) is 3.05. The molecule has 8 N–H and O–H groups in total. The van der Waals surface area contributed by atoms with Crippen LogP contribution in [0, 0.1) is 5.82 Å². The zero-order valence-corrected chi connectivity index (χ0v) is 15.0. The summed E-state index contributed by atoms with van der Waals surface area (Å²) in [6.07, 6.45) is 1.19. The number of hydrogen-bond donors (Lipinski definition) is 7. The third kappa shape index (κ3) is 3.03. The summed E-state index contributed by atoms with van der Waals surface area (Å²) in [6, 6.07) is 7.71. The predicted molar refractivity (Wildman–Crippen MR) is 102 cm³/mol. The number of aromatic hydroxyl groups is 3. The van der Waals surface area contributed by atoms with Gasteiger partial charge in [-0.15, -0.1) is 0 Å². The molecule has 11 heteroatoms. The highest BCUT2D eigenvalue weighted by Gasteiger charge is 2.27. The van der Waals surface area contributed by atoms with Crippen molar-refractivity contribution in [2.75, 3.05) is 0 Å². The smallest absolute Gasteiger partial charge is 0.293 e. The number of nitrogens with zero attached hydrogens (tertiary/aromatic N) is 2. The number of halogens is 1. The molecule has 154 valence electrons. The van der Waals surface area contributed by atoms with Gasteiger partial charge in [0, 0.05) is 22.9 Å². The highest BCUT2D eigenvalue weighted by molar-refractivity contribution is 5.97. The van der Waals surface area contributed by atoms with Crippen LogP contribution >= 0.6 is 0 Å². The largest absolute Gasteiger partial charge is 0.503 e. The lowest BCUT2D eigenvalue weighted by atomic mass is 9.98. The standard InChI is InChI=1S/C19H15FN4O6/c20-10-4-1-8(2-5-10)14-12(13-15(25)17(27)22-18(28)16(13)26)11-6-3-9(19(21,29)30)7-24(11)23-14/h1-7,25-26,29-30H,21H2,(H2,22,27,28). The molecular weight excluding hydrogens is 399 g/mol. The van der Waals surface area contributed by atoms with Gasteiger partial charge in [-0.3, -0.25) is 15.5 Å². The maximum Gasteiger partial charge on any atom is 0.293 e. The van der Waals surface area contributed by atoms with Gasteiger partial charge in [0.1, 0.15) is 11.5 Å². The van der Waals surface area contributed by atoms with Crippen molar-refractivity contribution in [1.29, 1.82) is 0 Å². The van der Waals surface area contributed by atoms with E-state index in [4.69, 9.17) is 5.73 Å². The van der Waals surface area contributed by atoms with Crippen LogP contribution in [0.25, 0.3) is 27.9 Å². The van der Waals surface area contributed by atoms with E-state index >= 15 is 0 Å². The van der Waals surface area contributed by atoms with E-state index in [9.17, 15) is 34.7 Å². The van der Waals surface area contributed by atoms with Crippen molar-refractivity contribution in [3.63, 3.8) is 0 Å². The summed E-state index contributed by atoms with van der Waals surface area (Å²) >= 11 is 0. The van der Waals surface area contributed by atoms with Gasteiger partial charge in [-0.1, -0.05) is 0 Å². The maximum atomic E-state index is 13.4. The Morgan fingerprint density at radius 2 is 1.67 bits per heavy atom. The van der Waals surface area contributed by atoms with Gasteiger partial charge in [0.2, 0.25) is 11.8 Å². The zero-order chi connectivity index (χ0) is 21.8. The Hall–Kier alpha value is -3.93. The van der Waals surface area contributed by atoms with E-state index in [1.807, 2.05) is 4.98 Å². The Balaban J connectivity index is 2.13. The number of fused-ring (bicyclic) bond motifs is 1. The van der Waals surface area contributed by atoms with Gasteiger partial charge in [-0.25, -0.2) is 8.91 Å². The molecule has 1 aromatic carbocycles. The molecule has 4 rings (SSSR count). The van der Waals surface area contributed by atoms with Gasteiger partial charge in [0.05, 0.1) is 11.1 Å². The second kappa shape index (κ2) is 6.56. The molecule has 0 aliphatic rings. The summed E-state index contributed by atoms with van der Waals surface area (Å²) in [5.74, 6) is -5.75. The Bertz CT molecular complexity index is 1340. The summed E-state index contributed by atoms with van der Waals surface area (Å²) < 4.78 is 14.6. The SMILES string of the molecule is NC(O)(O)c1ccc2c(-c3c(O)c(O)[nH]c(=O)c3O)c(-c3ccc(F)cc3)nn2c1. The first-order valence-corrected chi connectivity index (χ1v) is 8.48. The normalized spacial score (nSPS) is 11.9. The first kappa shape index (κ1) is 19.4. The monoisotopic (exact) mass is 414 g/mol. The minimum absolute atomic E-state index is 0.0306. The van der Waals surface area contributed by atoms with E-state index in [0.29, 0.717) is 5.56 Å². The second-order valence-corrected chi connectivity index (χ2v) is 6.58. The number of benzene rings is 1. The summed E-state index contributed by atoms with van der Waals surface area (Å²) in [7, 11) is 0. The van der Waals surface area contributed by atoms with Crippen molar-refractivity contribution in [3.8, 4) is 39.8 Å². The Morgan fingerprint density at radius 3 is 2.30 bits per heavy atom. The van der Waals surface area contributed by atoms with Gasteiger partial charge in [-0.2, -0.15) is 5.10 Å². The van der Waals surface area contributed by atoms with Gasteiger partial charge in [0.25, 0.3) is 5.56 Å². The van der Waals surface area contributed by atoms with Crippen molar-refractivity contribution >= 4 is 5.52 Å². The highest BCUT2D eigenvalue weighted by atomic mass is 19.1. The average molecular weight is 414 g/mol.